The lowest BCUT2D eigenvalue weighted by Crippen LogP contribution is -2.36. The number of aryl methyl sites for hydroxylation is 1. The van der Waals surface area contributed by atoms with E-state index in [9.17, 15) is 4.79 Å². The second-order valence-corrected chi connectivity index (χ2v) is 4.27. The van der Waals surface area contributed by atoms with Crippen LogP contribution < -0.4 is 5.32 Å². The van der Waals surface area contributed by atoms with Gasteiger partial charge in [-0.3, -0.25) is 4.79 Å². The van der Waals surface area contributed by atoms with E-state index in [0.29, 0.717) is 0 Å². The van der Waals surface area contributed by atoms with Gasteiger partial charge in [0.2, 0.25) is 0 Å². The normalized spacial score (nSPS) is 12.5. The maximum Gasteiger partial charge on any atom is 0.322 e. The lowest BCUT2D eigenvalue weighted by atomic mass is 10.3. The Bertz CT molecular complexity index is 325. The average Bonchev–Trinajstić information content (AvgIpc) is 2.63. The van der Waals surface area contributed by atoms with Crippen LogP contribution in [-0.2, 0) is 16.0 Å². The summed E-state index contributed by atoms with van der Waals surface area (Å²) in [6, 6.07) is -0.254. The molecule has 1 unspecified atom stereocenters. The van der Waals surface area contributed by atoms with Gasteiger partial charge in [0.1, 0.15) is 6.04 Å². The van der Waals surface area contributed by atoms with E-state index in [4.69, 9.17) is 0 Å². The summed E-state index contributed by atoms with van der Waals surface area (Å²) in [4.78, 5) is 15.4. The minimum Gasteiger partial charge on any atom is -0.468 e. The van der Waals surface area contributed by atoms with Crippen molar-refractivity contribution in [2.45, 2.75) is 26.3 Å². The number of nitrogens with one attached hydrogen (secondary N) is 1. The molecule has 0 spiro atoms. The van der Waals surface area contributed by atoms with Gasteiger partial charge in [-0.15, -0.1) is 11.3 Å². The quantitative estimate of drug-likeness (QED) is 0.768. The Hall–Kier alpha value is -0.940. The summed E-state index contributed by atoms with van der Waals surface area (Å²) < 4.78 is 4.60. The van der Waals surface area contributed by atoms with Crippen molar-refractivity contribution in [1.29, 1.82) is 0 Å². The van der Waals surface area contributed by atoms with Crippen LogP contribution in [0.2, 0.25) is 0 Å². The number of methoxy groups -OCH3 is 1. The number of thiazole rings is 1. The van der Waals surface area contributed by atoms with E-state index in [1.54, 1.807) is 18.3 Å². The molecule has 0 amide bonds. The van der Waals surface area contributed by atoms with Crippen LogP contribution >= 0.6 is 11.3 Å². The zero-order valence-electron chi connectivity index (χ0n) is 9.24. The topological polar surface area (TPSA) is 51.2 Å². The number of rotatable bonds is 5. The molecule has 1 N–H and O–H groups in total. The first kappa shape index (κ1) is 12.1. The summed E-state index contributed by atoms with van der Waals surface area (Å²) in [6.45, 7) is 4.51. The van der Waals surface area contributed by atoms with Gasteiger partial charge in [-0.2, -0.15) is 0 Å². The van der Waals surface area contributed by atoms with Gasteiger partial charge in [0, 0.05) is 24.0 Å². The van der Waals surface area contributed by atoms with Crippen LogP contribution in [0.4, 0.5) is 0 Å². The number of aromatic nitrogens is 1. The van der Waals surface area contributed by atoms with Gasteiger partial charge in [0.25, 0.3) is 0 Å². The summed E-state index contributed by atoms with van der Waals surface area (Å²) in [5, 5.41) is 6.20. The largest absolute Gasteiger partial charge is 0.468 e. The van der Waals surface area contributed by atoms with Crippen molar-refractivity contribution < 1.29 is 9.53 Å². The van der Waals surface area contributed by atoms with Crippen molar-refractivity contribution >= 4 is 17.3 Å². The second-order valence-electron chi connectivity index (χ2n) is 3.33. The highest BCUT2D eigenvalue weighted by Gasteiger charge is 2.11. The van der Waals surface area contributed by atoms with E-state index in [0.717, 1.165) is 23.7 Å². The minimum atomic E-state index is -0.254. The lowest BCUT2D eigenvalue weighted by Gasteiger charge is -2.10. The molecule has 0 fully saturated rings. The molecule has 0 saturated carbocycles. The van der Waals surface area contributed by atoms with Crippen LogP contribution in [0.1, 0.15) is 17.6 Å². The molecule has 1 rings (SSSR count). The van der Waals surface area contributed by atoms with Gasteiger partial charge in [-0.05, 0) is 13.8 Å². The molecule has 0 saturated heterocycles. The Balaban J connectivity index is 2.24. The van der Waals surface area contributed by atoms with E-state index in [-0.39, 0.29) is 12.0 Å². The Labute approximate surface area is 93.7 Å². The average molecular weight is 228 g/mol. The predicted molar refractivity (Wildman–Crippen MR) is 60.0 cm³/mol. The first-order valence-electron chi connectivity index (χ1n) is 4.85. The molecule has 1 aromatic heterocycles. The van der Waals surface area contributed by atoms with Crippen LogP contribution in [0.15, 0.2) is 5.38 Å². The highest BCUT2D eigenvalue weighted by atomic mass is 32.1. The third kappa shape index (κ3) is 3.97. The monoisotopic (exact) mass is 228 g/mol. The van der Waals surface area contributed by atoms with E-state index >= 15 is 0 Å². The number of hydrogen-bond acceptors (Lipinski definition) is 5. The number of carbonyl (C=O) groups is 1. The second kappa shape index (κ2) is 5.82. The van der Waals surface area contributed by atoms with Crippen LogP contribution in [0.5, 0.6) is 0 Å². The zero-order chi connectivity index (χ0) is 11.3. The molecule has 5 heteroatoms. The molecule has 0 aliphatic carbocycles. The molecule has 15 heavy (non-hydrogen) atoms. The molecule has 84 valence electrons. The number of carbonyl (C=O) groups excluding carboxylic acids is 1. The molecule has 4 nitrogen and oxygen atoms in total. The Morgan fingerprint density at radius 2 is 2.47 bits per heavy atom. The highest BCUT2D eigenvalue weighted by molar-refractivity contribution is 7.09. The summed E-state index contributed by atoms with van der Waals surface area (Å²) in [6.07, 6.45) is 0.847. The van der Waals surface area contributed by atoms with Crippen LogP contribution in [0.25, 0.3) is 0 Å². The van der Waals surface area contributed by atoms with E-state index < -0.39 is 0 Å². The SMILES string of the molecule is COC(=O)C(C)NCCc1nc(C)cs1. The summed E-state index contributed by atoms with van der Waals surface area (Å²) in [5.41, 5.74) is 1.05. The van der Waals surface area contributed by atoms with Crippen LogP contribution in [0.3, 0.4) is 0 Å². The molecule has 1 aromatic rings. The number of hydrogen-bond donors (Lipinski definition) is 1. The molecule has 0 aliphatic heterocycles. The van der Waals surface area contributed by atoms with Crippen molar-refractivity contribution in [3.8, 4) is 0 Å². The maximum atomic E-state index is 11.1. The third-order valence-electron chi connectivity index (χ3n) is 2.01. The van der Waals surface area contributed by atoms with Crippen molar-refractivity contribution in [2.24, 2.45) is 0 Å². The van der Waals surface area contributed by atoms with Crippen LogP contribution in [0, 0.1) is 6.92 Å². The van der Waals surface area contributed by atoms with Gasteiger partial charge in [-0.25, -0.2) is 4.98 Å². The lowest BCUT2D eigenvalue weighted by molar-refractivity contribution is -0.142. The Morgan fingerprint density at radius 3 is 3.00 bits per heavy atom. The summed E-state index contributed by atoms with van der Waals surface area (Å²) in [7, 11) is 1.39. The van der Waals surface area contributed by atoms with E-state index in [1.807, 2.05) is 12.3 Å². The van der Waals surface area contributed by atoms with Gasteiger partial charge in [-0.1, -0.05) is 0 Å². The standard InChI is InChI=1S/C10H16N2O2S/c1-7-6-15-9(12-7)4-5-11-8(2)10(13)14-3/h6,8,11H,4-5H2,1-3H3. The summed E-state index contributed by atoms with van der Waals surface area (Å²) in [5.74, 6) is -0.231. The van der Waals surface area contributed by atoms with Crippen molar-refractivity contribution in [3.05, 3.63) is 16.1 Å². The molecule has 0 aliphatic rings. The van der Waals surface area contributed by atoms with E-state index in [2.05, 4.69) is 15.0 Å². The predicted octanol–water partition coefficient (Wildman–Crippen LogP) is 1.15. The van der Waals surface area contributed by atoms with Crippen molar-refractivity contribution in [1.82, 2.24) is 10.3 Å². The Morgan fingerprint density at radius 1 is 1.73 bits per heavy atom. The zero-order valence-corrected chi connectivity index (χ0v) is 10.1. The number of ether oxygens (including phenoxy) is 1. The molecular formula is C10H16N2O2S. The first-order valence-corrected chi connectivity index (χ1v) is 5.73. The molecule has 0 radical (unpaired) electrons. The Kier molecular flexibility index (Phi) is 4.71. The van der Waals surface area contributed by atoms with Crippen molar-refractivity contribution in [2.75, 3.05) is 13.7 Å². The highest BCUT2D eigenvalue weighted by Crippen LogP contribution is 2.08. The van der Waals surface area contributed by atoms with Gasteiger partial charge in [0.15, 0.2) is 0 Å². The number of esters is 1. The fourth-order valence-electron chi connectivity index (χ4n) is 1.17. The van der Waals surface area contributed by atoms with Crippen LogP contribution in [-0.4, -0.2) is 30.6 Å². The smallest absolute Gasteiger partial charge is 0.322 e. The molecule has 0 aromatic carbocycles. The fraction of sp³-hybridized carbons (Fsp3) is 0.600. The molecule has 1 atom stereocenters. The first-order chi connectivity index (χ1) is 7.13. The molecule has 1 heterocycles. The summed E-state index contributed by atoms with van der Waals surface area (Å²) >= 11 is 1.65. The molecular weight excluding hydrogens is 212 g/mol. The van der Waals surface area contributed by atoms with Gasteiger partial charge in [0.05, 0.1) is 12.1 Å². The molecule has 0 bridgehead atoms. The van der Waals surface area contributed by atoms with E-state index in [1.165, 1.54) is 7.11 Å². The maximum absolute atomic E-state index is 11.1. The minimum absolute atomic E-state index is 0.231. The van der Waals surface area contributed by atoms with Crippen molar-refractivity contribution in [3.63, 3.8) is 0 Å². The number of nitrogens with zero attached hydrogens (tertiary/aromatic N) is 1. The van der Waals surface area contributed by atoms with Gasteiger partial charge >= 0.3 is 5.97 Å². The fourth-order valence-corrected chi connectivity index (χ4v) is 1.95. The van der Waals surface area contributed by atoms with Gasteiger partial charge < -0.3 is 10.1 Å². The third-order valence-corrected chi connectivity index (χ3v) is 3.04.